The van der Waals surface area contributed by atoms with Crippen LogP contribution in [0.25, 0.3) is 0 Å². The average Bonchev–Trinajstić information content (AvgIpc) is 2.32. The van der Waals surface area contributed by atoms with Gasteiger partial charge in [0.2, 0.25) is 0 Å². The topological polar surface area (TPSA) is 49.8 Å². The molecule has 5 heteroatoms. The highest BCUT2D eigenvalue weighted by molar-refractivity contribution is 9.10. The van der Waals surface area contributed by atoms with E-state index >= 15 is 0 Å². The van der Waals surface area contributed by atoms with Crippen LogP contribution in [0.1, 0.15) is 22.3 Å². The number of ether oxygens (including phenoxy) is 1. The highest BCUT2D eigenvalue weighted by Gasteiger charge is 2.08. The quantitative estimate of drug-likeness (QED) is 0.786. The van der Waals surface area contributed by atoms with Gasteiger partial charge in [-0.2, -0.15) is 0 Å². The second kappa shape index (κ2) is 7.51. The van der Waals surface area contributed by atoms with Gasteiger partial charge in [0.1, 0.15) is 0 Å². The lowest BCUT2D eigenvalue weighted by Gasteiger charge is -2.17. The van der Waals surface area contributed by atoms with Crippen molar-refractivity contribution in [3.8, 4) is 0 Å². The summed E-state index contributed by atoms with van der Waals surface area (Å²) in [5.74, 6) is -0.907. The summed E-state index contributed by atoms with van der Waals surface area (Å²) >= 11 is 3.41. The van der Waals surface area contributed by atoms with Gasteiger partial charge in [-0.3, -0.25) is 0 Å². The molecule has 100 valence electrons. The van der Waals surface area contributed by atoms with Crippen molar-refractivity contribution in [2.45, 2.75) is 13.0 Å². The molecule has 0 fully saturated rings. The number of rotatable bonds is 7. The van der Waals surface area contributed by atoms with Crippen molar-refractivity contribution in [3.05, 3.63) is 33.8 Å². The van der Waals surface area contributed by atoms with Gasteiger partial charge in [0, 0.05) is 31.3 Å². The van der Waals surface area contributed by atoms with Gasteiger partial charge < -0.3 is 14.7 Å². The predicted molar refractivity (Wildman–Crippen MR) is 73.9 cm³/mol. The molecule has 0 aliphatic heterocycles. The van der Waals surface area contributed by atoms with E-state index in [1.54, 1.807) is 19.2 Å². The zero-order chi connectivity index (χ0) is 13.5. The van der Waals surface area contributed by atoms with Gasteiger partial charge in [-0.05, 0) is 31.2 Å². The summed E-state index contributed by atoms with van der Waals surface area (Å²) in [4.78, 5) is 13.0. The number of nitrogens with zero attached hydrogens (tertiary/aromatic N) is 1. The number of hydrogen-bond donors (Lipinski definition) is 1. The maximum Gasteiger partial charge on any atom is 0.335 e. The normalized spacial score (nSPS) is 10.9. The van der Waals surface area contributed by atoms with Gasteiger partial charge in [-0.15, -0.1) is 0 Å². The van der Waals surface area contributed by atoms with Crippen molar-refractivity contribution >= 4 is 21.9 Å². The molecule has 4 nitrogen and oxygen atoms in total. The van der Waals surface area contributed by atoms with Crippen molar-refractivity contribution in [3.63, 3.8) is 0 Å². The van der Waals surface area contributed by atoms with E-state index in [1.165, 1.54) is 0 Å². The molecule has 1 rings (SSSR count). The number of halogens is 1. The molecule has 0 heterocycles. The molecule has 0 bridgehead atoms. The van der Waals surface area contributed by atoms with Crippen LogP contribution in [0.15, 0.2) is 22.7 Å². The standard InChI is InChI=1S/C13H18BrNO3/c1-15(6-3-7-18-2)9-11-5-4-10(13(16)17)8-12(11)14/h4-5,8H,3,6-7,9H2,1-2H3,(H,16,17). The maximum absolute atomic E-state index is 10.8. The van der Waals surface area contributed by atoms with Gasteiger partial charge in [0.25, 0.3) is 0 Å². The summed E-state index contributed by atoms with van der Waals surface area (Å²) in [7, 11) is 3.73. The zero-order valence-corrected chi connectivity index (χ0v) is 12.2. The first-order chi connectivity index (χ1) is 8.54. The second-order valence-corrected chi connectivity index (χ2v) is 5.05. The van der Waals surface area contributed by atoms with Crippen molar-refractivity contribution in [1.82, 2.24) is 4.90 Å². The van der Waals surface area contributed by atoms with E-state index in [9.17, 15) is 4.79 Å². The van der Waals surface area contributed by atoms with Crippen LogP contribution in [0.5, 0.6) is 0 Å². The third-order valence-electron chi connectivity index (χ3n) is 2.63. The summed E-state index contributed by atoms with van der Waals surface area (Å²) in [6.45, 7) is 2.48. The van der Waals surface area contributed by atoms with Crippen LogP contribution < -0.4 is 0 Å². The Kier molecular flexibility index (Phi) is 6.32. The number of benzene rings is 1. The van der Waals surface area contributed by atoms with Crippen LogP contribution in [-0.2, 0) is 11.3 Å². The molecule has 0 unspecified atom stereocenters. The minimum Gasteiger partial charge on any atom is -0.478 e. The van der Waals surface area contributed by atoms with Crippen molar-refractivity contribution < 1.29 is 14.6 Å². The molecule has 0 aliphatic rings. The average molecular weight is 316 g/mol. The fraction of sp³-hybridized carbons (Fsp3) is 0.462. The molecule has 18 heavy (non-hydrogen) atoms. The van der Waals surface area contributed by atoms with E-state index in [1.807, 2.05) is 13.1 Å². The smallest absolute Gasteiger partial charge is 0.335 e. The molecular formula is C13H18BrNO3. The van der Waals surface area contributed by atoms with E-state index in [0.717, 1.165) is 36.2 Å². The number of hydrogen-bond acceptors (Lipinski definition) is 3. The van der Waals surface area contributed by atoms with Crippen molar-refractivity contribution in [2.24, 2.45) is 0 Å². The molecule has 1 N–H and O–H groups in total. The molecule has 0 aromatic heterocycles. The monoisotopic (exact) mass is 315 g/mol. The van der Waals surface area contributed by atoms with Gasteiger partial charge in [0.05, 0.1) is 5.56 Å². The Hall–Kier alpha value is -0.910. The van der Waals surface area contributed by atoms with Crippen LogP contribution in [0.3, 0.4) is 0 Å². The summed E-state index contributed by atoms with van der Waals surface area (Å²) in [6.07, 6.45) is 0.984. The Morgan fingerprint density at radius 1 is 1.50 bits per heavy atom. The minimum atomic E-state index is -0.907. The number of carboxylic acids is 1. The van der Waals surface area contributed by atoms with Crippen molar-refractivity contribution in [1.29, 1.82) is 0 Å². The van der Waals surface area contributed by atoms with Gasteiger partial charge in [0.15, 0.2) is 0 Å². The van der Waals surface area contributed by atoms with Crippen LogP contribution >= 0.6 is 15.9 Å². The third kappa shape index (κ3) is 4.76. The van der Waals surface area contributed by atoms with E-state index in [0.29, 0.717) is 5.56 Å². The van der Waals surface area contributed by atoms with Crippen LogP contribution in [-0.4, -0.2) is 43.3 Å². The Morgan fingerprint density at radius 3 is 2.78 bits per heavy atom. The van der Waals surface area contributed by atoms with Crippen LogP contribution in [0.2, 0.25) is 0 Å². The van der Waals surface area contributed by atoms with Crippen LogP contribution in [0, 0.1) is 0 Å². The summed E-state index contributed by atoms with van der Waals surface area (Å²) < 4.78 is 5.84. The molecule has 0 saturated carbocycles. The van der Waals surface area contributed by atoms with Gasteiger partial charge in [-0.25, -0.2) is 4.79 Å². The lowest BCUT2D eigenvalue weighted by Crippen LogP contribution is -2.20. The van der Waals surface area contributed by atoms with E-state index in [2.05, 4.69) is 20.8 Å². The highest BCUT2D eigenvalue weighted by Crippen LogP contribution is 2.20. The lowest BCUT2D eigenvalue weighted by atomic mass is 10.1. The maximum atomic E-state index is 10.8. The predicted octanol–water partition coefficient (Wildman–Crippen LogP) is 2.62. The minimum absolute atomic E-state index is 0.299. The molecule has 0 aliphatic carbocycles. The molecule has 1 aromatic carbocycles. The molecule has 0 spiro atoms. The number of carbonyl (C=O) groups is 1. The molecule has 0 saturated heterocycles. The van der Waals surface area contributed by atoms with Gasteiger partial charge in [-0.1, -0.05) is 22.0 Å². The summed E-state index contributed by atoms with van der Waals surface area (Å²) in [5, 5.41) is 8.88. The van der Waals surface area contributed by atoms with Crippen LogP contribution in [0.4, 0.5) is 0 Å². The molecule has 0 amide bonds. The van der Waals surface area contributed by atoms with Gasteiger partial charge >= 0.3 is 5.97 Å². The van der Waals surface area contributed by atoms with Crippen molar-refractivity contribution in [2.75, 3.05) is 27.3 Å². The Balaban J connectivity index is 2.59. The number of methoxy groups -OCH3 is 1. The molecule has 0 radical (unpaired) electrons. The SMILES string of the molecule is COCCCN(C)Cc1ccc(C(=O)O)cc1Br. The first-order valence-corrected chi connectivity index (χ1v) is 6.53. The van der Waals surface area contributed by atoms with E-state index in [-0.39, 0.29) is 0 Å². The number of carboxylic acid groups (broad SMARTS) is 1. The molecular weight excluding hydrogens is 298 g/mol. The summed E-state index contributed by atoms with van der Waals surface area (Å²) in [5.41, 5.74) is 1.38. The van der Waals surface area contributed by atoms with E-state index < -0.39 is 5.97 Å². The highest BCUT2D eigenvalue weighted by atomic mass is 79.9. The second-order valence-electron chi connectivity index (χ2n) is 4.20. The number of aromatic carboxylic acids is 1. The zero-order valence-electron chi connectivity index (χ0n) is 10.6. The molecule has 0 atom stereocenters. The first-order valence-electron chi connectivity index (χ1n) is 5.73. The third-order valence-corrected chi connectivity index (χ3v) is 3.37. The Labute approximate surface area is 116 Å². The Bertz CT molecular complexity index is 409. The summed E-state index contributed by atoms with van der Waals surface area (Å²) in [6, 6.07) is 5.12. The fourth-order valence-electron chi connectivity index (χ4n) is 1.66. The Morgan fingerprint density at radius 2 is 2.22 bits per heavy atom. The first kappa shape index (κ1) is 15.1. The lowest BCUT2D eigenvalue weighted by molar-refractivity contribution is 0.0697. The molecule has 1 aromatic rings. The largest absolute Gasteiger partial charge is 0.478 e. The fourth-order valence-corrected chi connectivity index (χ4v) is 2.16. The van der Waals surface area contributed by atoms with E-state index in [4.69, 9.17) is 9.84 Å².